The van der Waals surface area contributed by atoms with Crippen LogP contribution in [0.25, 0.3) is 0 Å². The van der Waals surface area contributed by atoms with Gasteiger partial charge in [0.25, 0.3) is 0 Å². The van der Waals surface area contributed by atoms with Crippen LogP contribution in [0.5, 0.6) is 0 Å². The molecule has 0 saturated carbocycles. The summed E-state index contributed by atoms with van der Waals surface area (Å²) in [5.74, 6) is -2.60. The number of quaternary nitrogens is 1. The summed E-state index contributed by atoms with van der Waals surface area (Å²) in [5, 5.41) is 20.5. The number of benzene rings is 2. The molecule has 1 fully saturated rings. The third kappa shape index (κ3) is 3.96. The van der Waals surface area contributed by atoms with Crippen molar-refractivity contribution in [3.8, 4) is 0 Å². The molecule has 3 atom stereocenters. The molecule has 0 unspecified atom stereocenters. The molecule has 0 aromatic heterocycles. The summed E-state index contributed by atoms with van der Waals surface area (Å²) in [6, 6.07) is 12.9. The number of nitrogens with zero attached hydrogens (tertiary/aromatic N) is 2. The van der Waals surface area contributed by atoms with Crippen molar-refractivity contribution in [3.63, 3.8) is 0 Å². The molecule has 1 aliphatic heterocycles. The molecule has 10 nitrogen and oxygen atoms in total. The van der Waals surface area contributed by atoms with Gasteiger partial charge in [-0.25, -0.2) is 9.59 Å². The Morgan fingerprint density at radius 3 is 2.21 bits per heavy atom. The molecule has 3 rings (SSSR count). The van der Waals surface area contributed by atoms with Crippen molar-refractivity contribution in [2.75, 3.05) is 7.05 Å². The Bertz CT molecular complexity index is 1130. The lowest BCUT2D eigenvalue weighted by atomic mass is 9.91. The number of hydrogen-bond donors (Lipinski definition) is 4. The van der Waals surface area contributed by atoms with Gasteiger partial charge in [-0.2, -0.15) is 0 Å². The van der Waals surface area contributed by atoms with Crippen molar-refractivity contribution in [2.45, 2.75) is 31.8 Å². The highest BCUT2D eigenvalue weighted by molar-refractivity contribution is 6.07. The van der Waals surface area contributed by atoms with E-state index in [4.69, 9.17) is 11.1 Å². The lowest BCUT2D eigenvalue weighted by molar-refractivity contribution is -0.952. The molecule has 33 heavy (non-hydrogen) atoms. The predicted octanol–water partition coefficient (Wildman–Crippen LogP) is 1.86. The number of carboxylic acids is 1. The average Bonchev–Trinajstić information content (AvgIpc) is 3.01. The number of amidine groups is 1. The van der Waals surface area contributed by atoms with Crippen LogP contribution in [-0.4, -0.2) is 51.4 Å². The SMILES string of the molecule is CC(=O)[N@@+](C)([C@@H](CC(=O)O)c1ccccc1)N1C(=O)N[C@](C)(c2ccc(C(=N)N)cc2)C1=O. The van der Waals surface area contributed by atoms with Gasteiger partial charge in [0.05, 0.1) is 6.92 Å². The minimum absolute atomic E-state index is 0.143. The fourth-order valence-electron chi connectivity index (χ4n) is 4.11. The zero-order valence-electron chi connectivity index (χ0n) is 18.5. The Hall–Kier alpha value is -4.05. The van der Waals surface area contributed by atoms with Crippen LogP contribution in [0, 0.1) is 5.41 Å². The lowest BCUT2D eigenvalue weighted by Crippen LogP contribution is -2.64. The number of amides is 4. The van der Waals surface area contributed by atoms with E-state index in [0.29, 0.717) is 16.7 Å². The number of nitrogens with two attached hydrogens (primary N) is 1. The van der Waals surface area contributed by atoms with Crippen LogP contribution in [0.15, 0.2) is 54.6 Å². The summed E-state index contributed by atoms with van der Waals surface area (Å²) < 4.78 is -0.873. The Balaban J connectivity index is 2.11. The first kappa shape index (κ1) is 23.6. The van der Waals surface area contributed by atoms with Gasteiger partial charge in [-0.3, -0.25) is 15.0 Å². The normalized spacial score (nSPS) is 20.6. The van der Waals surface area contributed by atoms with Crippen molar-refractivity contribution in [3.05, 3.63) is 71.3 Å². The molecule has 0 aliphatic carbocycles. The number of hydrogen-bond acceptors (Lipinski definition) is 5. The van der Waals surface area contributed by atoms with E-state index in [1.54, 1.807) is 54.6 Å². The first-order chi connectivity index (χ1) is 15.4. The Morgan fingerprint density at radius 2 is 1.73 bits per heavy atom. The predicted molar refractivity (Wildman–Crippen MR) is 118 cm³/mol. The summed E-state index contributed by atoms with van der Waals surface area (Å²) in [7, 11) is 1.37. The van der Waals surface area contributed by atoms with Gasteiger partial charge in [0.2, 0.25) is 0 Å². The van der Waals surface area contributed by atoms with E-state index >= 15 is 0 Å². The molecule has 0 radical (unpaired) electrons. The Labute approximate surface area is 190 Å². The van der Waals surface area contributed by atoms with E-state index in [0.717, 1.165) is 5.01 Å². The third-order valence-electron chi connectivity index (χ3n) is 6.15. The van der Waals surface area contributed by atoms with E-state index in [-0.39, 0.29) is 5.84 Å². The number of carbonyl (C=O) groups excluding carboxylic acids is 3. The molecule has 5 N–H and O–H groups in total. The van der Waals surface area contributed by atoms with Crippen LogP contribution in [0.3, 0.4) is 0 Å². The minimum Gasteiger partial charge on any atom is -0.481 e. The first-order valence-corrected chi connectivity index (χ1v) is 10.2. The van der Waals surface area contributed by atoms with Crippen LogP contribution in [0.1, 0.15) is 43.0 Å². The quantitative estimate of drug-likeness (QED) is 0.218. The van der Waals surface area contributed by atoms with Gasteiger partial charge in [-0.15, -0.1) is 4.59 Å². The molecule has 2 aromatic rings. The van der Waals surface area contributed by atoms with Crippen molar-refractivity contribution < 1.29 is 28.9 Å². The summed E-state index contributed by atoms with van der Waals surface area (Å²) in [6.45, 7) is 2.73. The number of urea groups is 1. The zero-order chi connectivity index (χ0) is 24.6. The fourth-order valence-corrected chi connectivity index (χ4v) is 4.11. The van der Waals surface area contributed by atoms with Crippen molar-refractivity contribution in [2.24, 2.45) is 5.73 Å². The molecule has 0 spiro atoms. The molecule has 0 bridgehead atoms. The minimum atomic E-state index is -1.51. The van der Waals surface area contributed by atoms with Crippen LogP contribution >= 0.6 is 0 Å². The van der Waals surface area contributed by atoms with Crippen molar-refractivity contribution in [1.82, 2.24) is 10.3 Å². The van der Waals surface area contributed by atoms with Gasteiger partial charge >= 0.3 is 23.8 Å². The largest absolute Gasteiger partial charge is 0.481 e. The van der Waals surface area contributed by atoms with E-state index in [1.165, 1.54) is 20.9 Å². The van der Waals surface area contributed by atoms with E-state index in [2.05, 4.69) is 5.32 Å². The highest BCUT2D eigenvalue weighted by atomic mass is 16.4. The van der Waals surface area contributed by atoms with Crippen molar-refractivity contribution >= 4 is 29.7 Å². The average molecular weight is 452 g/mol. The third-order valence-corrected chi connectivity index (χ3v) is 6.15. The number of nitrogen functional groups attached to an aromatic ring is 1. The number of nitrogens with one attached hydrogen (secondary N) is 2. The number of rotatable bonds is 7. The molecule has 2 aromatic carbocycles. The second-order valence-electron chi connectivity index (χ2n) is 8.23. The fraction of sp³-hybridized carbons (Fsp3) is 0.261. The summed E-state index contributed by atoms with van der Waals surface area (Å²) in [4.78, 5) is 51.5. The van der Waals surface area contributed by atoms with E-state index < -0.39 is 46.4 Å². The molecule has 4 amide bonds. The Kier molecular flexibility index (Phi) is 6.06. The molecule has 1 saturated heterocycles. The summed E-state index contributed by atoms with van der Waals surface area (Å²) in [6.07, 6.45) is -0.485. The van der Waals surface area contributed by atoms with Gasteiger partial charge in [-0.1, -0.05) is 59.6 Å². The van der Waals surface area contributed by atoms with Gasteiger partial charge in [0.1, 0.15) is 24.8 Å². The van der Waals surface area contributed by atoms with Crippen LogP contribution in [0.4, 0.5) is 4.79 Å². The topological polar surface area (TPSA) is 154 Å². The maximum atomic E-state index is 13.7. The van der Waals surface area contributed by atoms with Gasteiger partial charge in [-0.05, 0) is 12.5 Å². The van der Waals surface area contributed by atoms with Crippen molar-refractivity contribution in [1.29, 1.82) is 5.41 Å². The lowest BCUT2D eigenvalue weighted by Gasteiger charge is -2.41. The standard InChI is InChI=1S/C23H25N5O5/c1-14(29)28(3,18(13-19(30)31)15-7-5-4-6-8-15)27-21(32)23(2,26-22(27)33)17-11-9-16(10-12-17)20(24)25/h4-12,18H,13H2,1-3H3,(H4-,24,25,26,30,31,33)/p+1/t18-,23+,28-/m0/s1. The van der Waals surface area contributed by atoms with E-state index in [1.807, 2.05) is 0 Å². The summed E-state index contributed by atoms with van der Waals surface area (Å²) >= 11 is 0. The van der Waals surface area contributed by atoms with Crippen LogP contribution < -0.4 is 11.1 Å². The highest BCUT2D eigenvalue weighted by Crippen LogP contribution is 2.39. The maximum Gasteiger partial charge on any atom is 0.371 e. The monoisotopic (exact) mass is 452 g/mol. The second kappa shape index (κ2) is 8.47. The molecule has 1 heterocycles. The van der Waals surface area contributed by atoms with Crippen LogP contribution in [-0.2, 0) is 19.9 Å². The van der Waals surface area contributed by atoms with Crippen LogP contribution in [0.2, 0.25) is 0 Å². The van der Waals surface area contributed by atoms with E-state index in [9.17, 15) is 24.3 Å². The highest BCUT2D eigenvalue weighted by Gasteiger charge is 2.61. The maximum absolute atomic E-state index is 13.7. The number of carboxylic acid groups (broad SMARTS) is 1. The number of aliphatic carboxylic acids is 1. The van der Waals surface area contributed by atoms with Gasteiger partial charge in [0, 0.05) is 11.1 Å². The molecular weight excluding hydrogens is 426 g/mol. The second-order valence-corrected chi connectivity index (χ2v) is 8.23. The molecular formula is C23H26N5O5+. The van der Waals surface area contributed by atoms with Gasteiger partial charge < -0.3 is 16.2 Å². The number of imide groups is 1. The molecule has 1 aliphatic rings. The molecule has 172 valence electrons. The molecule has 10 heteroatoms. The van der Waals surface area contributed by atoms with Gasteiger partial charge in [0.15, 0.2) is 6.04 Å². The smallest absolute Gasteiger partial charge is 0.371 e. The Morgan fingerprint density at radius 1 is 1.15 bits per heavy atom. The number of carbonyl (C=O) groups is 4. The summed E-state index contributed by atoms with van der Waals surface area (Å²) in [5.41, 5.74) is 5.36. The first-order valence-electron chi connectivity index (χ1n) is 10.2. The zero-order valence-corrected chi connectivity index (χ0v) is 18.5.